The molecule has 21 heavy (non-hydrogen) atoms. The van der Waals surface area contributed by atoms with Crippen molar-refractivity contribution in [2.24, 2.45) is 0 Å². The second-order valence-corrected chi connectivity index (χ2v) is 4.97. The average Bonchev–Trinajstić information content (AvgIpc) is 2.43. The topological polar surface area (TPSA) is 46.2 Å². The van der Waals surface area contributed by atoms with E-state index in [1.54, 1.807) is 24.3 Å². The van der Waals surface area contributed by atoms with E-state index in [9.17, 15) is 14.0 Å². The molecular weight excluding hydrogens is 293 g/mol. The molecule has 0 saturated carbocycles. The summed E-state index contributed by atoms with van der Waals surface area (Å²) in [7, 11) is 0. The van der Waals surface area contributed by atoms with Gasteiger partial charge in [-0.25, -0.2) is 4.39 Å². The molecule has 0 aliphatic heterocycles. The van der Waals surface area contributed by atoms with E-state index >= 15 is 0 Å². The highest BCUT2D eigenvalue weighted by molar-refractivity contribution is 6.33. The van der Waals surface area contributed by atoms with E-state index < -0.39 is 11.7 Å². The molecular formula is C16H13ClFNO2. The maximum atomic E-state index is 13.5. The van der Waals surface area contributed by atoms with E-state index in [-0.39, 0.29) is 12.2 Å². The van der Waals surface area contributed by atoms with Gasteiger partial charge in [0, 0.05) is 5.56 Å². The van der Waals surface area contributed by atoms with E-state index in [4.69, 9.17) is 11.6 Å². The molecule has 2 aromatic rings. The Labute approximate surface area is 126 Å². The zero-order chi connectivity index (χ0) is 15.4. The summed E-state index contributed by atoms with van der Waals surface area (Å²) >= 11 is 5.98. The lowest BCUT2D eigenvalue weighted by molar-refractivity contribution is -0.115. The third-order valence-electron chi connectivity index (χ3n) is 2.96. The minimum Gasteiger partial charge on any atom is -0.324 e. The van der Waals surface area contributed by atoms with Crippen molar-refractivity contribution < 1.29 is 14.0 Å². The van der Waals surface area contributed by atoms with E-state index in [1.165, 1.54) is 25.1 Å². The first kappa shape index (κ1) is 15.2. The molecule has 1 N–H and O–H groups in total. The Hall–Kier alpha value is -2.20. The van der Waals surface area contributed by atoms with Gasteiger partial charge in [-0.2, -0.15) is 0 Å². The van der Waals surface area contributed by atoms with Gasteiger partial charge in [0.2, 0.25) is 5.91 Å². The van der Waals surface area contributed by atoms with Gasteiger partial charge in [0.25, 0.3) is 0 Å². The van der Waals surface area contributed by atoms with Gasteiger partial charge in [-0.3, -0.25) is 9.59 Å². The van der Waals surface area contributed by atoms with Gasteiger partial charge >= 0.3 is 0 Å². The predicted molar refractivity (Wildman–Crippen MR) is 80.2 cm³/mol. The molecule has 0 saturated heterocycles. The molecule has 2 aromatic carbocycles. The molecule has 0 radical (unpaired) electrons. The van der Waals surface area contributed by atoms with E-state index in [2.05, 4.69) is 5.32 Å². The summed E-state index contributed by atoms with van der Waals surface area (Å²) < 4.78 is 13.5. The number of amides is 1. The Morgan fingerprint density at radius 1 is 1.19 bits per heavy atom. The summed E-state index contributed by atoms with van der Waals surface area (Å²) in [6.45, 7) is 1.42. The van der Waals surface area contributed by atoms with Gasteiger partial charge in [0.15, 0.2) is 5.78 Å². The minimum atomic E-state index is -0.434. The van der Waals surface area contributed by atoms with Gasteiger partial charge in [-0.05, 0) is 36.8 Å². The fourth-order valence-electron chi connectivity index (χ4n) is 1.85. The van der Waals surface area contributed by atoms with Crippen molar-refractivity contribution in [1.29, 1.82) is 0 Å². The number of nitrogens with one attached hydrogen (secondary N) is 1. The molecule has 2 rings (SSSR count). The fourth-order valence-corrected chi connectivity index (χ4v) is 2.01. The van der Waals surface area contributed by atoms with Crippen molar-refractivity contribution in [3.05, 3.63) is 64.4 Å². The van der Waals surface area contributed by atoms with E-state index in [0.29, 0.717) is 21.8 Å². The summed E-state index contributed by atoms with van der Waals surface area (Å²) in [5.74, 6) is -0.963. The summed E-state index contributed by atoms with van der Waals surface area (Å²) in [6, 6.07) is 10.7. The largest absolute Gasteiger partial charge is 0.324 e. The van der Waals surface area contributed by atoms with Crippen molar-refractivity contribution >= 4 is 29.0 Å². The first-order valence-corrected chi connectivity index (χ1v) is 6.69. The van der Waals surface area contributed by atoms with Crippen LogP contribution in [0.25, 0.3) is 0 Å². The second-order valence-electron chi connectivity index (χ2n) is 4.57. The summed E-state index contributed by atoms with van der Waals surface area (Å²) in [6.07, 6.45) is -0.104. The van der Waals surface area contributed by atoms with Crippen LogP contribution in [0.5, 0.6) is 0 Å². The van der Waals surface area contributed by atoms with Crippen LogP contribution < -0.4 is 5.32 Å². The molecule has 0 aliphatic carbocycles. The molecule has 0 bridgehead atoms. The van der Waals surface area contributed by atoms with Gasteiger partial charge < -0.3 is 5.32 Å². The average molecular weight is 306 g/mol. The van der Waals surface area contributed by atoms with Crippen molar-refractivity contribution in [3.8, 4) is 0 Å². The van der Waals surface area contributed by atoms with Crippen LogP contribution >= 0.6 is 11.6 Å². The van der Waals surface area contributed by atoms with Gasteiger partial charge in [-0.15, -0.1) is 0 Å². The summed E-state index contributed by atoms with van der Waals surface area (Å²) in [4.78, 5) is 23.3. The Bertz CT molecular complexity index is 700. The standard InChI is InChI=1S/C16H13ClFNO2/c1-10(20)11-6-7-13(17)15(8-11)19-16(21)9-12-4-2-3-5-14(12)18/h2-8H,9H2,1H3,(H,19,21). The summed E-state index contributed by atoms with van der Waals surface area (Å²) in [5, 5.41) is 2.91. The third kappa shape index (κ3) is 3.89. The molecule has 0 fully saturated rings. The number of hydrogen-bond acceptors (Lipinski definition) is 2. The van der Waals surface area contributed by atoms with Gasteiger partial charge in [0.1, 0.15) is 5.82 Å². The van der Waals surface area contributed by atoms with Crippen molar-refractivity contribution in [1.82, 2.24) is 0 Å². The smallest absolute Gasteiger partial charge is 0.228 e. The highest BCUT2D eigenvalue weighted by Crippen LogP contribution is 2.23. The van der Waals surface area contributed by atoms with Crippen LogP contribution in [-0.2, 0) is 11.2 Å². The Balaban J connectivity index is 2.15. The minimum absolute atomic E-state index is 0.104. The van der Waals surface area contributed by atoms with Crippen LogP contribution in [0.4, 0.5) is 10.1 Å². The lowest BCUT2D eigenvalue weighted by atomic mass is 10.1. The lowest BCUT2D eigenvalue weighted by Crippen LogP contribution is -2.15. The molecule has 0 heterocycles. The third-order valence-corrected chi connectivity index (χ3v) is 3.29. The quantitative estimate of drug-likeness (QED) is 0.872. The highest BCUT2D eigenvalue weighted by Gasteiger charge is 2.11. The molecule has 0 aliphatic rings. The molecule has 0 aromatic heterocycles. The fraction of sp³-hybridized carbons (Fsp3) is 0.125. The Morgan fingerprint density at radius 3 is 2.57 bits per heavy atom. The van der Waals surface area contributed by atoms with Gasteiger partial charge in [0.05, 0.1) is 17.1 Å². The van der Waals surface area contributed by atoms with Crippen molar-refractivity contribution in [3.63, 3.8) is 0 Å². The Morgan fingerprint density at radius 2 is 1.90 bits per heavy atom. The molecule has 5 heteroatoms. The molecule has 0 spiro atoms. The number of benzene rings is 2. The van der Waals surface area contributed by atoms with Crippen molar-refractivity contribution in [2.45, 2.75) is 13.3 Å². The molecule has 108 valence electrons. The van der Waals surface area contributed by atoms with E-state index in [0.717, 1.165) is 0 Å². The number of Topliss-reactive ketones (excluding diaryl/α,β-unsaturated/α-hetero) is 1. The van der Waals surface area contributed by atoms with Crippen LogP contribution in [0, 0.1) is 5.82 Å². The zero-order valence-electron chi connectivity index (χ0n) is 11.3. The predicted octanol–water partition coefficient (Wildman–Crippen LogP) is 3.86. The van der Waals surface area contributed by atoms with Gasteiger partial charge in [-0.1, -0.05) is 29.8 Å². The Kier molecular flexibility index (Phi) is 4.70. The lowest BCUT2D eigenvalue weighted by Gasteiger charge is -2.09. The van der Waals surface area contributed by atoms with Crippen LogP contribution in [0.15, 0.2) is 42.5 Å². The number of ketones is 1. The maximum Gasteiger partial charge on any atom is 0.228 e. The van der Waals surface area contributed by atoms with Crippen LogP contribution in [0.2, 0.25) is 5.02 Å². The molecule has 1 amide bonds. The first-order valence-electron chi connectivity index (χ1n) is 6.31. The summed E-state index contributed by atoms with van der Waals surface area (Å²) in [5.41, 5.74) is 1.08. The van der Waals surface area contributed by atoms with Crippen LogP contribution in [0.3, 0.4) is 0 Å². The maximum absolute atomic E-state index is 13.5. The number of anilines is 1. The van der Waals surface area contributed by atoms with E-state index in [1.807, 2.05) is 0 Å². The number of rotatable bonds is 4. The highest BCUT2D eigenvalue weighted by atomic mass is 35.5. The SMILES string of the molecule is CC(=O)c1ccc(Cl)c(NC(=O)Cc2ccccc2F)c1. The monoisotopic (exact) mass is 305 g/mol. The normalized spacial score (nSPS) is 10.2. The second kappa shape index (κ2) is 6.50. The number of halogens is 2. The van der Waals surface area contributed by atoms with Crippen LogP contribution in [-0.4, -0.2) is 11.7 Å². The molecule has 0 atom stereocenters. The van der Waals surface area contributed by atoms with Crippen molar-refractivity contribution in [2.75, 3.05) is 5.32 Å². The number of carbonyl (C=O) groups is 2. The molecule has 0 unspecified atom stereocenters. The van der Waals surface area contributed by atoms with Crippen LogP contribution in [0.1, 0.15) is 22.8 Å². The first-order chi connectivity index (χ1) is 9.97. The zero-order valence-corrected chi connectivity index (χ0v) is 12.1. The molecule has 3 nitrogen and oxygen atoms in total. The number of carbonyl (C=O) groups excluding carboxylic acids is 2. The number of hydrogen-bond donors (Lipinski definition) is 1.